The first-order chi connectivity index (χ1) is 10.2. The van der Waals surface area contributed by atoms with Crippen molar-refractivity contribution in [1.82, 2.24) is 0 Å². The third kappa shape index (κ3) is 2.52. The molecule has 0 bridgehead atoms. The second kappa shape index (κ2) is 5.09. The van der Waals surface area contributed by atoms with Gasteiger partial charge in [-0.3, -0.25) is 0 Å². The fourth-order valence-electron chi connectivity index (χ4n) is 4.52. The van der Waals surface area contributed by atoms with Crippen LogP contribution in [0.2, 0.25) is 0 Å². The minimum absolute atomic E-state index is 0.0114. The van der Waals surface area contributed by atoms with E-state index < -0.39 is 0 Å². The van der Waals surface area contributed by atoms with Gasteiger partial charge in [-0.2, -0.15) is 0 Å². The van der Waals surface area contributed by atoms with Crippen molar-refractivity contribution in [2.45, 2.75) is 90.1 Å². The second-order valence-electron chi connectivity index (χ2n) is 9.31. The Labute approximate surface area is 136 Å². The molecular weight excluding hydrogens is 268 g/mol. The van der Waals surface area contributed by atoms with Crippen LogP contribution in [-0.4, -0.2) is 6.61 Å². The Morgan fingerprint density at radius 3 is 2.00 bits per heavy atom. The summed E-state index contributed by atoms with van der Waals surface area (Å²) >= 11 is 0. The lowest BCUT2D eigenvalue weighted by Crippen LogP contribution is -2.35. The molecule has 0 aromatic heterocycles. The molecular formula is C21H32O. The molecule has 0 saturated carbocycles. The van der Waals surface area contributed by atoms with Gasteiger partial charge in [0.25, 0.3) is 0 Å². The van der Waals surface area contributed by atoms with Crippen LogP contribution in [0.1, 0.15) is 89.5 Å². The molecule has 1 aromatic rings. The monoisotopic (exact) mass is 300 g/mol. The van der Waals surface area contributed by atoms with E-state index in [0.717, 1.165) is 6.61 Å². The number of ether oxygens (including phenoxy) is 1. The molecule has 0 N–H and O–H groups in total. The summed E-state index contributed by atoms with van der Waals surface area (Å²) in [6, 6.07) is 4.79. The Balaban J connectivity index is 2.29. The van der Waals surface area contributed by atoms with Crippen molar-refractivity contribution in [3.63, 3.8) is 0 Å². The average Bonchev–Trinajstić information content (AvgIpc) is 2.85. The van der Waals surface area contributed by atoms with Crippen molar-refractivity contribution in [3.05, 3.63) is 34.4 Å². The van der Waals surface area contributed by atoms with E-state index in [1.165, 1.54) is 43.2 Å². The maximum absolute atomic E-state index is 6.41. The van der Waals surface area contributed by atoms with E-state index in [2.05, 4.69) is 53.7 Å². The largest absolute Gasteiger partial charge is 0.370 e. The molecule has 1 heterocycles. The van der Waals surface area contributed by atoms with Crippen LogP contribution in [0.25, 0.3) is 0 Å². The number of rotatable bonds is 0. The molecule has 1 aliphatic carbocycles. The summed E-state index contributed by atoms with van der Waals surface area (Å²) in [5, 5.41) is 0. The summed E-state index contributed by atoms with van der Waals surface area (Å²) < 4.78 is 6.41. The zero-order valence-electron chi connectivity index (χ0n) is 15.3. The van der Waals surface area contributed by atoms with Gasteiger partial charge in [0.2, 0.25) is 0 Å². The SMILES string of the molecule is CC(C)(C)c1ccc(C(C)(C)C)c2c1CCCC21CCCO1. The second-order valence-corrected chi connectivity index (χ2v) is 9.31. The lowest BCUT2D eigenvalue weighted by molar-refractivity contribution is -0.0155. The number of fused-ring (bicyclic) bond motifs is 2. The number of hydrogen-bond acceptors (Lipinski definition) is 1. The maximum Gasteiger partial charge on any atom is 0.0937 e. The van der Waals surface area contributed by atoms with Gasteiger partial charge in [-0.15, -0.1) is 0 Å². The van der Waals surface area contributed by atoms with Crippen molar-refractivity contribution >= 4 is 0 Å². The summed E-state index contributed by atoms with van der Waals surface area (Å²) in [4.78, 5) is 0. The van der Waals surface area contributed by atoms with Gasteiger partial charge in [0.1, 0.15) is 0 Å². The van der Waals surface area contributed by atoms with Crippen molar-refractivity contribution in [2.24, 2.45) is 0 Å². The van der Waals surface area contributed by atoms with Crippen LogP contribution in [0.4, 0.5) is 0 Å². The van der Waals surface area contributed by atoms with Crippen molar-refractivity contribution in [2.75, 3.05) is 6.61 Å². The molecule has 3 rings (SSSR count). The smallest absolute Gasteiger partial charge is 0.0937 e. The Bertz CT molecular complexity index is 563. The molecule has 1 saturated heterocycles. The van der Waals surface area contributed by atoms with E-state index in [9.17, 15) is 0 Å². The van der Waals surface area contributed by atoms with E-state index in [1.807, 2.05) is 0 Å². The minimum atomic E-state index is 0.0114. The van der Waals surface area contributed by atoms with Crippen molar-refractivity contribution in [1.29, 1.82) is 0 Å². The fraction of sp³-hybridized carbons (Fsp3) is 0.714. The molecule has 1 fully saturated rings. The molecule has 22 heavy (non-hydrogen) atoms. The Morgan fingerprint density at radius 2 is 1.45 bits per heavy atom. The van der Waals surface area contributed by atoms with Gasteiger partial charge in [0.05, 0.1) is 5.60 Å². The molecule has 122 valence electrons. The molecule has 1 atom stereocenters. The summed E-state index contributed by atoms with van der Waals surface area (Å²) in [5.74, 6) is 0. The van der Waals surface area contributed by atoms with Crippen LogP contribution in [0, 0.1) is 0 Å². The summed E-state index contributed by atoms with van der Waals surface area (Å²) in [7, 11) is 0. The van der Waals surface area contributed by atoms with E-state index in [0.29, 0.717) is 0 Å². The third-order valence-electron chi connectivity index (χ3n) is 5.50. The van der Waals surface area contributed by atoms with E-state index in [-0.39, 0.29) is 16.4 Å². The molecule has 0 radical (unpaired) electrons. The van der Waals surface area contributed by atoms with Gasteiger partial charge >= 0.3 is 0 Å². The predicted molar refractivity (Wildman–Crippen MR) is 93.6 cm³/mol. The maximum atomic E-state index is 6.41. The highest BCUT2D eigenvalue weighted by Crippen LogP contribution is 2.50. The van der Waals surface area contributed by atoms with E-state index >= 15 is 0 Å². The molecule has 2 aliphatic rings. The molecule has 1 aromatic carbocycles. The zero-order valence-corrected chi connectivity index (χ0v) is 15.3. The molecule has 0 amide bonds. The molecule has 1 spiro atoms. The van der Waals surface area contributed by atoms with Crippen LogP contribution in [-0.2, 0) is 27.6 Å². The molecule has 1 heteroatoms. The lowest BCUT2D eigenvalue weighted by Gasteiger charge is -2.42. The summed E-state index contributed by atoms with van der Waals surface area (Å²) in [6.07, 6.45) is 6.11. The van der Waals surface area contributed by atoms with Gasteiger partial charge < -0.3 is 4.74 Å². The minimum Gasteiger partial charge on any atom is -0.370 e. The first kappa shape index (κ1) is 16.1. The highest BCUT2D eigenvalue weighted by atomic mass is 16.5. The van der Waals surface area contributed by atoms with Crippen molar-refractivity contribution in [3.8, 4) is 0 Å². The van der Waals surface area contributed by atoms with Crippen LogP contribution in [0.5, 0.6) is 0 Å². The van der Waals surface area contributed by atoms with E-state index in [4.69, 9.17) is 4.74 Å². The van der Waals surface area contributed by atoms with Crippen LogP contribution < -0.4 is 0 Å². The van der Waals surface area contributed by atoms with E-state index in [1.54, 1.807) is 11.1 Å². The van der Waals surface area contributed by atoms with Gasteiger partial charge in [0.15, 0.2) is 0 Å². The third-order valence-corrected chi connectivity index (χ3v) is 5.50. The predicted octanol–water partition coefficient (Wildman–Crippen LogP) is 5.62. The lowest BCUT2D eigenvalue weighted by atomic mass is 9.66. The summed E-state index contributed by atoms with van der Waals surface area (Å²) in [6.45, 7) is 15.0. The topological polar surface area (TPSA) is 9.23 Å². The normalized spacial score (nSPS) is 25.5. The Hall–Kier alpha value is -0.820. The quantitative estimate of drug-likeness (QED) is 0.604. The first-order valence-electron chi connectivity index (χ1n) is 8.96. The standard InChI is InChI=1S/C21H32O/c1-19(2,3)16-10-11-17(20(4,5)6)18-15(16)9-7-12-21(18)13-8-14-22-21/h10-11H,7-9,12-14H2,1-6H3. The van der Waals surface area contributed by atoms with Crippen LogP contribution in [0.15, 0.2) is 12.1 Å². The zero-order chi connectivity index (χ0) is 16.2. The average molecular weight is 300 g/mol. The highest BCUT2D eigenvalue weighted by Gasteiger charge is 2.44. The van der Waals surface area contributed by atoms with Crippen LogP contribution >= 0.6 is 0 Å². The van der Waals surface area contributed by atoms with Gasteiger partial charge in [-0.05, 0) is 65.2 Å². The highest BCUT2D eigenvalue weighted by molar-refractivity contribution is 5.51. The summed E-state index contributed by atoms with van der Waals surface area (Å²) in [5.41, 5.74) is 6.61. The van der Waals surface area contributed by atoms with Gasteiger partial charge in [0, 0.05) is 6.61 Å². The number of hydrogen-bond donors (Lipinski definition) is 0. The molecule has 1 unspecified atom stereocenters. The van der Waals surface area contributed by atoms with Gasteiger partial charge in [-0.1, -0.05) is 53.7 Å². The Kier molecular flexibility index (Phi) is 3.72. The van der Waals surface area contributed by atoms with Gasteiger partial charge in [-0.25, -0.2) is 0 Å². The first-order valence-corrected chi connectivity index (χ1v) is 8.96. The molecule has 1 nitrogen and oxygen atoms in total. The molecule has 1 aliphatic heterocycles. The number of benzene rings is 1. The fourth-order valence-corrected chi connectivity index (χ4v) is 4.52. The van der Waals surface area contributed by atoms with Crippen molar-refractivity contribution < 1.29 is 4.74 Å². The van der Waals surface area contributed by atoms with Crippen LogP contribution in [0.3, 0.4) is 0 Å². The Morgan fingerprint density at radius 1 is 0.864 bits per heavy atom.